The predicted molar refractivity (Wildman–Crippen MR) is 80.8 cm³/mol. The summed E-state index contributed by atoms with van der Waals surface area (Å²) in [6, 6.07) is 9.55. The third-order valence-electron chi connectivity index (χ3n) is 3.92. The molecule has 0 unspecified atom stereocenters. The predicted octanol–water partition coefficient (Wildman–Crippen LogP) is 2.57. The fourth-order valence-electron chi connectivity index (χ4n) is 2.88. The summed E-state index contributed by atoms with van der Waals surface area (Å²) in [6.45, 7) is 2.71. The lowest BCUT2D eigenvalue weighted by atomic mass is 9.91. The number of carbonyl (C=O) groups is 1. The summed E-state index contributed by atoms with van der Waals surface area (Å²) in [5.41, 5.74) is 1.79. The minimum atomic E-state index is 0.0605. The highest BCUT2D eigenvalue weighted by molar-refractivity contribution is 5.96. The quantitative estimate of drug-likeness (QED) is 0.808. The normalized spacial score (nSPS) is 19.3. The Morgan fingerprint density at radius 2 is 2.19 bits per heavy atom. The van der Waals surface area contributed by atoms with Crippen LogP contribution < -0.4 is 0 Å². The molecule has 4 heteroatoms. The van der Waals surface area contributed by atoms with Crippen LogP contribution in [0.15, 0.2) is 48.9 Å². The molecule has 3 heterocycles. The molecule has 1 saturated heterocycles. The number of pyridine rings is 2. The molecule has 1 atom stereocenters. The largest absolute Gasteiger partial charge is 0.298 e. The van der Waals surface area contributed by atoms with E-state index in [9.17, 15) is 4.79 Å². The van der Waals surface area contributed by atoms with E-state index in [0.29, 0.717) is 5.69 Å². The van der Waals surface area contributed by atoms with Gasteiger partial charge in [0.2, 0.25) is 0 Å². The number of hydrogen-bond acceptors (Lipinski definition) is 4. The van der Waals surface area contributed by atoms with Gasteiger partial charge in [-0.05, 0) is 43.1 Å². The standard InChI is InChI=1S/C17H19N3O/c21-17(16-7-1-2-9-19-16)15-6-4-10-20(13-15)12-14-5-3-8-18-11-14/h1-3,5,7-9,11,15H,4,6,10,12-13H2/t15-/m0/s1. The monoisotopic (exact) mass is 281 g/mol. The molecule has 108 valence electrons. The SMILES string of the molecule is O=C(c1ccccn1)[C@H]1CCCN(Cc2cccnc2)C1. The Morgan fingerprint density at radius 1 is 1.24 bits per heavy atom. The Balaban J connectivity index is 1.64. The molecule has 21 heavy (non-hydrogen) atoms. The number of piperidine rings is 1. The molecular weight excluding hydrogens is 262 g/mol. The van der Waals surface area contributed by atoms with Crippen molar-refractivity contribution in [2.24, 2.45) is 5.92 Å². The molecule has 1 aliphatic rings. The molecule has 2 aromatic heterocycles. The van der Waals surface area contributed by atoms with Crippen LogP contribution in [0.5, 0.6) is 0 Å². The van der Waals surface area contributed by atoms with Crippen LogP contribution in [0.3, 0.4) is 0 Å². The molecule has 1 fully saturated rings. The average Bonchev–Trinajstić information content (AvgIpc) is 2.56. The van der Waals surface area contributed by atoms with Gasteiger partial charge in [-0.3, -0.25) is 19.7 Å². The van der Waals surface area contributed by atoms with Crippen LogP contribution in [-0.4, -0.2) is 33.7 Å². The molecule has 0 saturated carbocycles. The van der Waals surface area contributed by atoms with Crippen LogP contribution in [0.1, 0.15) is 28.9 Å². The second-order valence-corrected chi connectivity index (χ2v) is 5.51. The minimum absolute atomic E-state index is 0.0605. The van der Waals surface area contributed by atoms with Crippen molar-refractivity contribution in [1.82, 2.24) is 14.9 Å². The van der Waals surface area contributed by atoms with Crippen molar-refractivity contribution < 1.29 is 4.79 Å². The molecule has 0 aliphatic carbocycles. The Bertz CT molecular complexity index is 585. The molecule has 0 amide bonds. The van der Waals surface area contributed by atoms with Crippen molar-refractivity contribution in [2.45, 2.75) is 19.4 Å². The molecule has 0 radical (unpaired) electrons. The number of Topliss-reactive ketones (excluding diaryl/α,β-unsaturated/α-hetero) is 1. The number of rotatable bonds is 4. The molecular formula is C17H19N3O. The average molecular weight is 281 g/mol. The third-order valence-corrected chi connectivity index (χ3v) is 3.92. The summed E-state index contributed by atoms with van der Waals surface area (Å²) in [4.78, 5) is 23.2. The highest BCUT2D eigenvalue weighted by Crippen LogP contribution is 2.21. The summed E-state index contributed by atoms with van der Waals surface area (Å²) in [7, 11) is 0. The molecule has 1 aliphatic heterocycles. The molecule has 0 N–H and O–H groups in total. The Labute approximate surface area is 124 Å². The molecule has 0 spiro atoms. The molecule has 2 aromatic rings. The second kappa shape index (κ2) is 6.59. The van der Waals surface area contributed by atoms with Crippen molar-refractivity contribution in [3.05, 3.63) is 60.2 Å². The number of likely N-dealkylation sites (tertiary alicyclic amines) is 1. The maximum absolute atomic E-state index is 12.5. The zero-order chi connectivity index (χ0) is 14.5. The molecule has 0 aromatic carbocycles. The van der Waals surface area contributed by atoms with Crippen molar-refractivity contribution in [3.8, 4) is 0 Å². The van der Waals surface area contributed by atoms with Gasteiger partial charge in [-0.25, -0.2) is 0 Å². The smallest absolute Gasteiger partial charge is 0.185 e. The molecule has 4 nitrogen and oxygen atoms in total. The maximum Gasteiger partial charge on any atom is 0.185 e. The van der Waals surface area contributed by atoms with Crippen molar-refractivity contribution in [2.75, 3.05) is 13.1 Å². The van der Waals surface area contributed by atoms with Gasteiger partial charge in [0.15, 0.2) is 5.78 Å². The van der Waals surface area contributed by atoms with Gasteiger partial charge in [-0.15, -0.1) is 0 Å². The first-order valence-corrected chi connectivity index (χ1v) is 7.39. The lowest BCUT2D eigenvalue weighted by Gasteiger charge is -2.31. The van der Waals surface area contributed by atoms with Crippen molar-refractivity contribution >= 4 is 5.78 Å². The van der Waals surface area contributed by atoms with Gasteiger partial charge in [0, 0.05) is 37.6 Å². The van der Waals surface area contributed by atoms with Crippen LogP contribution in [0.4, 0.5) is 0 Å². The first kappa shape index (κ1) is 13.9. The summed E-state index contributed by atoms with van der Waals surface area (Å²) in [5.74, 6) is 0.233. The second-order valence-electron chi connectivity index (χ2n) is 5.51. The van der Waals surface area contributed by atoms with Crippen molar-refractivity contribution in [3.63, 3.8) is 0 Å². The van der Waals surface area contributed by atoms with E-state index in [4.69, 9.17) is 0 Å². The number of nitrogens with zero attached hydrogens (tertiary/aromatic N) is 3. The van der Waals surface area contributed by atoms with Crippen molar-refractivity contribution in [1.29, 1.82) is 0 Å². The van der Waals surface area contributed by atoms with Gasteiger partial charge in [0.25, 0.3) is 0 Å². The zero-order valence-corrected chi connectivity index (χ0v) is 12.0. The molecule has 0 bridgehead atoms. The van der Waals surface area contributed by atoms with Gasteiger partial charge >= 0.3 is 0 Å². The lowest BCUT2D eigenvalue weighted by molar-refractivity contribution is 0.0806. The fourth-order valence-corrected chi connectivity index (χ4v) is 2.88. The van der Waals surface area contributed by atoms with Crippen LogP contribution in [0.25, 0.3) is 0 Å². The number of hydrogen-bond donors (Lipinski definition) is 0. The van der Waals surface area contributed by atoms with Gasteiger partial charge in [0.1, 0.15) is 5.69 Å². The van der Waals surface area contributed by atoms with E-state index < -0.39 is 0 Å². The highest BCUT2D eigenvalue weighted by atomic mass is 16.1. The summed E-state index contributed by atoms with van der Waals surface area (Å²) in [6.07, 6.45) is 7.38. The Kier molecular flexibility index (Phi) is 4.36. The number of aromatic nitrogens is 2. The van der Waals surface area contributed by atoms with Crippen LogP contribution in [0, 0.1) is 5.92 Å². The first-order valence-electron chi connectivity index (χ1n) is 7.39. The highest BCUT2D eigenvalue weighted by Gasteiger charge is 2.27. The topological polar surface area (TPSA) is 46.1 Å². The van der Waals surface area contributed by atoms with Crippen LogP contribution in [0.2, 0.25) is 0 Å². The fraction of sp³-hybridized carbons (Fsp3) is 0.353. The van der Waals surface area contributed by atoms with Gasteiger partial charge < -0.3 is 0 Å². The van der Waals surface area contributed by atoms with Gasteiger partial charge in [-0.1, -0.05) is 12.1 Å². The van der Waals surface area contributed by atoms with Crippen LogP contribution >= 0.6 is 0 Å². The van der Waals surface area contributed by atoms with E-state index in [1.54, 1.807) is 12.4 Å². The summed E-state index contributed by atoms with van der Waals surface area (Å²) in [5, 5.41) is 0. The van der Waals surface area contributed by atoms with Gasteiger partial charge in [-0.2, -0.15) is 0 Å². The van der Waals surface area contributed by atoms with E-state index in [0.717, 1.165) is 32.5 Å². The Hall–Kier alpha value is -2.07. The van der Waals surface area contributed by atoms with Gasteiger partial charge in [0.05, 0.1) is 0 Å². The van der Waals surface area contributed by atoms with E-state index in [2.05, 4.69) is 20.9 Å². The summed E-state index contributed by atoms with van der Waals surface area (Å²) < 4.78 is 0. The Morgan fingerprint density at radius 3 is 2.95 bits per heavy atom. The van der Waals surface area contributed by atoms with E-state index in [1.807, 2.05) is 30.5 Å². The van der Waals surface area contributed by atoms with E-state index in [1.165, 1.54) is 5.56 Å². The number of carbonyl (C=O) groups excluding carboxylic acids is 1. The first-order chi connectivity index (χ1) is 10.3. The van der Waals surface area contributed by atoms with Crippen LogP contribution in [-0.2, 0) is 6.54 Å². The zero-order valence-electron chi connectivity index (χ0n) is 12.0. The number of ketones is 1. The maximum atomic E-state index is 12.5. The lowest BCUT2D eigenvalue weighted by Crippen LogP contribution is -2.38. The third kappa shape index (κ3) is 3.52. The minimum Gasteiger partial charge on any atom is -0.298 e. The summed E-state index contributed by atoms with van der Waals surface area (Å²) >= 11 is 0. The van der Waals surface area contributed by atoms with E-state index in [-0.39, 0.29) is 11.7 Å². The van der Waals surface area contributed by atoms with E-state index >= 15 is 0 Å². The molecule has 3 rings (SSSR count).